The van der Waals surface area contributed by atoms with Crippen LogP contribution in [0.1, 0.15) is 13.8 Å². The Balaban J connectivity index is 2.02. The molecule has 2 N–H and O–H groups in total. The molecule has 0 radical (unpaired) electrons. The Morgan fingerprint density at radius 2 is 2.04 bits per heavy atom. The highest BCUT2D eigenvalue weighted by Gasteiger charge is 2.39. The first-order valence-corrected chi connectivity index (χ1v) is 9.39. The molecule has 23 heavy (non-hydrogen) atoms. The number of piperazine rings is 1. The van der Waals surface area contributed by atoms with Crippen LogP contribution in [0.15, 0.2) is 16.7 Å². The van der Waals surface area contributed by atoms with Gasteiger partial charge in [0.25, 0.3) is 0 Å². The summed E-state index contributed by atoms with van der Waals surface area (Å²) in [5.41, 5.74) is 6.60. The molecule has 1 aliphatic rings. The van der Waals surface area contributed by atoms with Gasteiger partial charge in [0.2, 0.25) is 10.0 Å². The van der Waals surface area contributed by atoms with E-state index in [4.69, 9.17) is 21.9 Å². The molecule has 0 amide bonds. The number of nitrogen functional groups attached to an aromatic ring is 1. The van der Waals surface area contributed by atoms with Crippen LogP contribution in [0.25, 0.3) is 11.0 Å². The summed E-state index contributed by atoms with van der Waals surface area (Å²) < 4.78 is 30.8. The minimum Gasteiger partial charge on any atom is -0.380 e. The summed E-state index contributed by atoms with van der Waals surface area (Å²) in [6.07, 6.45) is 1.24. The first kappa shape index (κ1) is 16.4. The molecule has 7 nitrogen and oxygen atoms in total. The van der Waals surface area contributed by atoms with E-state index in [1.165, 1.54) is 10.6 Å². The number of sulfonamides is 1. The fraction of sp³-hybridized carbons (Fsp3) is 0.500. The second-order valence-electron chi connectivity index (χ2n) is 6.44. The average molecular weight is 359 g/mol. The van der Waals surface area contributed by atoms with Gasteiger partial charge in [0.15, 0.2) is 11.4 Å². The number of rotatable bonds is 2. The van der Waals surface area contributed by atoms with Crippen molar-refractivity contribution in [2.75, 3.05) is 36.5 Å². The fourth-order valence-electron chi connectivity index (χ4n) is 3.20. The summed E-state index contributed by atoms with van der Waals surface area (Å²) in [4.78, 5) is 2.06. The molecule has 1 aromatic carbocycles. The van der Waals surface area contributed by atoms with E-state index in [1.54, 1.807) is 12.1 Å². The van der Waals surface area contributed by atoms with Gasteiger partial charge in [-0.25, -0.2) is 8.42 Å². The molecule has 0 saturated carbocycles. The van der Waals surface area contributed by atoms with Gasteiger partial charge in [-0.2, -0.15) is 4.31 Å². The van der Waals surface area contributed by atoms with Crippen molar-refractivity contribution >= 4 is 44.1 Å². The SMILES string of the molecule is CC1(C)CN(c2cc(Cl)cc3c(N)noc23)CCN1S(C)(=O)=O. The minimum atomic E-state index is -3.26. The zero-order valence-corrected chi connectivity index (χ0v) is 14.8. The molecule has 1 fully saturated rings. The van der Waals surface area contributed by atoms with Crippen LogP contribution >= 0.6 is 11.6 Å². The molecule has 0 spiro atoms. The quantitative estimate of drug-likeness (QED) is 0.881. The number of hydrogen-bond acceptors (Lipinski definition) is 6. The monoisotopic (exact) mass is 358 g/mol. The Hall–Kier alpha value is -1.51. The van der Waals surface area contributed by atoms with Crippen molar-refractivity contribution in [3.05, 3.63) is 17.2 Å². The molecular formula is C14H19ClN4O3S. The highest BCUT2D eigenvalue weighted by molar-refractivity contribution is 7.88. The van der Waals surface area contributed by atoms with Gasteiger partial charge in [0.1, 0.15) is 0 Å². The van der Waals surface area contributed by atoms with Crippen LogP contribution in [-0.4, -0.2) is 49.3 Å². The standard InChI is InChI=1S/C14H19ClN4O3S/c1-14(2)8-18(4-5-19(14)23(3,20)21)11-7-9(15)6-10-12(11)22-17-13(10)16/h6-7H,4-5,8H2,1-3H3,(H2,16,17). The van der Waals surface area contributed by atoms with Gasteiger partial charge in [0, 0.05) is 30.2 Å². The van der Waals surface area contributed by atoms with Crippen LogP contribution < -0.4 is 10.6 Å². The Kier molecular flexibility index (Phi) is 3.74. The second-order valence-corrected chi connectivity index (χ2v) is 8.78. The van der Waals surface area contributed by atoms with Crippen molar-refractivity contribution < 1.29 is 12.9 Å². The molecule has 0 bridgehead atoms. The summed E-state index contributed by atoms with van der Waals surface area (Å²) >= 11 is 6.19. The van der Waals surface area contributed by atoms with E-state index in [0.717, 1.165) is 5.69 Å². The maximum Gasteiger partial charge on any atom is 0.211 e. The normalized spacial score (nSPS) is 19.4. The lowest BCUT2D eigenvalue weighted by Crippen LogP contribution is -2.60. The van der Waals surface area contributed by atoms with Crippen molar-refractivity contribution in [3.8, 4) is 0 Å². The molecule has 0 aliphatic carbocycles. The third-order valence-electron chi connectivity index (χ3n) is 4.11. The van der Waals surface area contributed by atoms with Crippen molar-refractivity contribution in [2.24, 2.45) is 0 Å². The summed E-state index contributed by atoms with van der Waals surface area (Å²) in [5.74, 6) is 0.290. The molecule has 1 saturated heterocycles. The largest absolute Gasteiger partial charge is 0.380 e. The van der Waals surface area contributed by atoms with E-state index >= 15 is 0 Å². The summed E-state index contributed by atoms with van der Waals surface area (Å²) in [6, 6.07) is 3.50. The Morgan fingerprint density at radius 3 is 2.65 bits per heavy atom. The number of fused-ring (bicyclic) bond motifs is 1. The van der Waals surface area contributed by atoms with Gasteiger partial charge in [0.05, 0.1) is 17.3 Å². The van der Waals surface area contributed by atoms with Gasteiger partial charge < -0.3 is 15.2 Å². The van der Waals surface area contributed by atoms with Crippen molar-refractivity contribution in [3.63, 3.8) is 0 Å². The van der Waals surface area contributed by atoms with E-state index in [1.807, 2.05) is 13.8 Å². The topological polar surface area (TPSA) is 92.7 Å². The number of anilines is 2. The maximum absolute atomic E-state index is 12.0. The number of nitrogens with zero attached hydrogens (tertiary/aromatic N) is 3. The molecule has 126 valence electrons. The van der Waals surface area contributed by atoms with Crippen molar-refractivity contribution in [1.82, 2.24) is 9.46 Å². The lowest BCUT2D eigenvalue weighted by Gasteiger charge is -2.46. The van der Waals surface area contributed by atoms with E-state index < -0.39 is 15.6 Å². The molecule has 9 heteroatoms. The first-order valence-electron chi connectivity index (χ1n) is 7.17. The Labute approximate surface area is 140 Å². The van der Waals surface area contributed by atoms with Crippen LogP contribution in [0.4, 0.5) is 11.5 Å². The Bertz CT molecular complexity index is 862. The van der Waals surface area contributed by atoms with Crippen molar-refractivity contribution in [2.45, 2.75) is 19.4 Å². The zero-order valence-electron chi connectivity index (χ0n) is 13.2. The van der Waals surface area contributed by atoms with Crippen LogP contribution in [0.2, 0.25) is 5.02 Å². The number of aromatic nitrogens is 1. The molecule has 1 aliphatic heterocycles. The molecule has 2 heterocycles. The molecule has 2 aromatic rings. The number of benzene rings is 1. The third-order valence-corrected chi connectivity index (χ3v) is 5.81. The fourth-order valence-corrected chi connectivity index (χ4v) is 4.79. The second kappa shape index (κ2) is 5.25. The summed E-state index contributed by atoms with van der Waals surface area (Å²) in [7, 11) is -3.26. The molecule has 0 unspecified atom stereocenters. The summed E-state index contributed by atoms with van der Waals surface area (Å²) in [6.45, 7) is 5.24. The zero-order chi connectivity index (χ0) is 17.0. The average Bonchev–Trinajstić information content (AvgIpc) is 2.77. The van der Waals surface area contributed by atoms with Crippen LogP contribution in [0, 0.1) is 0 Å². The minimum absolute atomic E-state index is 0.290. The number of nitrogens with two attached hydrogens (primary N) is 1. The summed E-state index contributed by atoms with van der Waals surface area (Å²) in [5, 5.41) is 4.99. The predicted molar refractivity (Wildman–Crippen MR) is 91.3 cm³/mol. The number of hydrogen-bond donors (Lipinski definition) is 1. The lowest BCUT2D eigenvalue weighted by atomic mass is 10.0. The number of halogens is 1. The van der Waals surface area contributed by atoms with Gasteiger partial charge >= 0.3 is 0 Å². The van der Waals surface area contributed by atoms with Crippen molar-refractivity contribution in [1.29, 1.82) is 0 Å². The molecule has 1 aromatic heterocycles. The van der Waals surface area contributed by atoms with E-state index in [9.17, 15) is 8.42 Å². The van der Waals surface area contributed by atoms with Crippen LogP contribution in [0.3, 0.4) is 0 Å². The highest BCUT2D eigenvalue weighted by Crippen LogP contribution is 2.36. The lowest BCUT2D eigenvalue weighted by molar-refractivity contribution is 0.206. The molecule has 3 rings (SSSR count). The highest BCUT2D eigenvalue weighted by atomic mass is 35.5. The van der Waals surface area contributed by atoms with Gasteiger partial charge in [-0.1, -0.05) is 16.8 Å². The van der Waals surface area contributed by atoms with Crippen LogP contribution in [0.5, 0.6) is 0 Å². The maximum atomic E-state index is 12.0. The van der Waals surface area contributed by atoms with E-state index in [2.05, 4.69) is 10.1 Å². The molecule has 0 atom stereocenters. The predicted octanol–water partition coefficient (Wildman–Crippen LogP) is 1.92. The smallest absolute Gasteiger partial charge is 0.211 e. The van der Waals surface area contributed by atoms with E-state index in [-0.39, 0.29) is 5.82 Å². The van der Waals surface area contributed by atoms with Gasteiger partial charge in [-0.15, -0.1) is 0 Å². The Morgan fingerprint density at radius 1 is 1.35 bits per heavy atom. The van der Waals surface area contributed by atoms with E-state index in [0.29, 0.717) is 35.6 Å². The van der Waals surface area contributed by atoms with Gasteiger partial charge in [-0.05, 0) is 26.0 Å². The van der Waals surface area contributed by atoms with Gasteiger partial charge in [-0.3, -0.25) is 0 Å². The first-order chi connectivity index (χ1) is 10.6. The van der Waals surface area contributed by atoms with Crippen LogP contribution in [-0.2, 0) is 10.0 Å². The molecular weight excluding hydrogens is 340 g/mol. The third kappa shape index (κ3) is 2.86.